The van der Waals surface area contributed by atoms with Gasteiger partial charge in [0.1, 0.15) is 11.6 Å². The number of amides is 1. The van der Waals surface area contributed by atoms with Crippen molar-refractivity contribution in [2.24, 2.45) is 5.92 Å². The van der Waals surface area contributed by atoms with E-state index < -0.39 is 10.0 Å². The number of aromatic nitrogens is 2. The molecule has 5 rings (SSSR count). The predicted octanol–water partition coefficient (Wildman–Crippen LogP) is 2.96. The van der Waals surface area contributed by atoms with Gasteiger partial charge in [-0.3, -0.25) is 9.78 Å². The summed E-state index contributed by atoms with van der Waals surface area (Å²) >= 11 is 0. The van der Waals surface area contributed by atoms with Gasteiger partial charge in [0.15, 0.2) is 5.69 Å². The number of carbonyl (C=O) groups is 1. The molecule has 196 valence electrons. The third-order valence-electron chi connectivity index (χ3n) is 7.57. The third kappa shape index (κ3) is 6.49. The minimum Gasteiger partial charge on any atom is -0.360 e. The second-order valence-corrected chi connectivity index (χ2v) is 12.4. The predicted molar refractivity (Wildman–Crippen MR) is 131 cm³/mol. The molecule has 2 aromatic rings. The van der Waals surface area contributed by atoms with Crippen molar-refractivity contribution in [3.05, 3.63) is 47.4 Å². The molecular weight excluding hydrogens is 485 g/mol. The van der Waals surface area contributed by atoms with E-state index in [9.17, 15) is 17.6 Å². The first-order chi connectivity index (χ1) is 17.4. The van der Waals surface area contributed by atoms with Crippen LogP contribution in [0.15, 0.2) is 29.0 Å². The summed E-state index contributed by atoms with van der Waals surface area (Å²) in [5.74, 6) is 0.895. The molecule has 1 saturated heterocycles. The molecule has 3 fully saturated rings. The molecule has 0 atom stereocenters. The highest BCUT2D eigenvalue weighted by Crippen LogP contribution is 2.40. The smallest absolute Gasteiger partial charge is 0.273 e. The van der Waals surface area contributed by atoms with Gasteiger partial charge < -0.3 is 15.2 Å². The number of pyridine rings is 1. The van der Waals surface area contributed by atoms with Gasteiger partial charge in [-0.15, -0.1) is 0 Å². The van der Waals surface area contributed by atoms with Crippen LogP contribution in [0, 0.1) is 11.7 Å². The maximum Gasteiger partial charge on any atom is 0.273 e. The Morgan fingerprint density at radius 1 is 1.03 bits per heavy atom. The van der Waals surface area contributed by atoms with Crippen LogP contribution >= 0.6 is 0 Å². The fourth-order valence-corrected chi connectivity index (χ4v) is 7.15. The highest BCUT2D eigenvalue weighted by atomic mass is 32.2. The Morgan fingerprint density at radius 3 is 2.47 bits per heavy atom. The zero-order chi connectivity index (χ0) is 25.1. The minimum absolute atomic E-state index is 0.0696. The zero-order valence-electron chi connectivity index (χ0n) is 20.4. The van der Waals surface area contributed by atoms with E-state index in [0.29, 0.717) is 50.1 Å². The van der Waals surface area contributed by atoms with Crippen molar-refractivity contribution in [1.29, 1.82) is 0 Å². The number of rotatable bonds is 9. The molecule has 1 amide bonds. The van der Waals surface area contributed by atoms with E-state index in [0.717, 1.165) is 49.8 Å². The summed E-state index contributed by atoms with van der Waals surface area (Å²) in [7, 11) is -3.34. The highest BCUT2D eigenvalue weighted by molar-refractivity contribution is 7.89. The van der Waals surface area contributed by atoms with Gasteiger partial charge >= 0.3 is 0 Å². The average Bonchev–Trinajstić information content (AvgIpc) is 3.60. The van der Waals surface area contributed by atoms with Gasteiger partial charge in [-0.25, -0.2) is 17.1 Å². The molecule has 1 aliphatic heterocycles. The van der Waals surface area contributed by atoms with Crippen LogP contribution < -0.4 is 10.6 Å². The summed E-state index contributed by atoms with van der Waals surface area (Å²) in [6, 6.07) is 3.43. The first-order valence-corrected chi connectivity index (χ1v) is 14.5. The van der Waals surface area contributed by atoms with E-state index in [1.165, 1.54) is 12.3 Å². The van der Waals surface area contributed by atoms with Crippen molar-refractivity contribution in [2.75, 3.05) is 18.8 Å². The molecule has 0 bridgehead atoms. The molecule has 2 aliphatic carbocycles. The molecule has 2 N–H and O–H groups in total. The Kier molecular flexibility index (Phi) is 7.68. The molecule has 3 aliphatic rings. The Hall–Kier alpha value is -2.37. The quantitative estimate of drug-likeness (QED) is 0.523. The number of nitrogens with one attached hydrogen (secondary N) is 2. The van der Waals surface area contributed by atoms with Gasteiger partial charge in [-0.1, -0.05) is 5.16 Å². The summed E-state index contributed by atoms with van der Waals surface area (Å²) in [5.41, 5.74) is 1.10. The Labute approximate surface area is 211 Å². The average molecular weight is 520 g/mol. The number of piperidine rings is 1. The topological polar surface area (TPSA) is 117 Å². The number of halogens is 1. The van der Waals surface area contributed by atoms with E-state index in [2.05, 4.69) is 20.8 Å². The fraction of sp³-hybridized carbons (Fsp3) is 0.640. The fourth-order valence-electron chi connectivity index (χ4n) is 5.25. The second kappa shape index (κ2) is 10.9. The van der Waals surface area contributed by atoms with Gasteiger partial charge in [-0.05, 0) is 68.9 Å². The first-order valence-electron chi connectivity index (χ1n) is 12.9. The Balaban J connectivity index is 1.02. The van der Waals surface area contributed by atoms with Crippen molar-refractivity contribution in [3.8, 4) is 0 Å². The van der Waals surface area contributed by atoms with Crippen LogP contribution in [0.2, 0.25) is 0 Å². The maximum atomic E-state index is 13.3. The van der Waals surface area contributed by atoms with Crippen molar-refractivity contribution >= 4 is 15.9 Å². The van der Waals surface area contributed by atoms with E-state index in [-0.39, 0.29) is 29.4 Å². The van der Waals surface area contributed by atoms with Crippen molar-refractivity contribution < 1.29 is 22.1 Å². The molecule has 0 aromatic carbocycles. The highest BCUT2D eigenvalue weighted by Gasteiger charge is 2.33. The first kappa shape index (κ1) is 25.3. The lowest BCUT2D eigenvalue weighted by Crippen LogP contribution is -2.47. The van der Waals surface area contributed by atoms with Gasteiger partial charge in [-0.2, -0.15) is 0 Å². The lowest BCUT2D eigenvalue weighted by atomic mass is 9.87. The van der Waals surface area contributed by atoms with Crippen LogP contribution in [-0.4, -0.2) is 59.7 Å². The van der Waals surface area contributed by atoms with Crippen LogP contribution in [0.25, 0.3) is 0 Å². The van der Waals surface area contributed by atoms with E-state index in [1.807, 2.05) is 0 Å². The van der Waals surface area contributed by atoms with Crippen LogP contribution in [-0.2, 0) is 16.6 Å². The molecule has 0 spiro atoms. The van der Waals surface area contributed by atoms with Crippen LogP contribution in [0.1, 0.15) is 79.1 Å². The molecule has 0 unspecified atom stereocenters. The van der Waals surface area contributed by atoms with E-state index >= 15 is 0 Å². The van der Waals surface area contributed by atoms with Gasteiger partial charge in [0.05, 0.1) is 11.9 Å². The van der Waals surface area contributed by atoms with Gasteiger partial charge in [0.25, 0.3) is 5.91 Å². The van der Waals surface area contributed by atoms with Crippen LogP contribution in [0.4, 0.5) is 4.39 Å². The molecule has 9 nitrogen and oxygen atoms in total. The van der Waals surface area contributed by atoms with E-state index in [4.69, 9.17) is 4.52 Å². The molecule has 2 saturated carbocycles. The SMILES string of the molecule is O=C(NC1CCN(S(=O)(=O)CC2CCC(NCc3cncc(F)c3)CC2)CC1)c1cc(C2CC2)on1. The minimum atomic E-state index is -3.34. The summed E-state index contributed by atoms with van der Waals surface area (Å²) < 4.78 is 46.3. The monoisotopic (exact) mass is 519 g/mol. The van der Waals surface area contributed by atoms with Crippen molar-refractivity contribution in [3.63, 3.8) is 0 Å². The molecule has 3 heterocycles. The molecular formula is C25H34FN5O4S. The number of sulfonamides is 1. The van der Waals surface area contributed by atoms with Crippen molar-refractivity contribution in [1.82, 2.24) is 25.1 Å². The Morgan fingerprint density at radius 2 is 1.78 bits per heavy atom. The van der Waals surface area contributed by atoms with Crippen LogP contribution in [0.5, 0.6) is 0 Å². The Bertz CT molecular complexity index is 1150. The maximum absolute atomic E-state index is 13.3. The number of nitrogens with zero attached hydrogens (tertiary/aromatic N) is 3. The molecule has 0 radical (unpaired) electrons. The lowest BCUT2D eigenvalue weighted by Gasteiger charge is -2.34. The second-order valence-electron chi connectivity index (χ2n) is 10.4. The number of carbonyl (C=O) groups excluding carboxylic acids is 1. The molecule has 2 aromatic heterocycles. The molecule has 11 heteroatoms. The molecule has 36 heavy (non-hydrogen) atoms. The number of hydrogen-bond donors (Lipinski definition) is 2. The van der Waals surface area contributed by atoms with Crippen molar-refractivity contribution in [2.45, 2.75) is 75.9 Å². The summed E-state index contributed by atoms with van der Waals surface area (Å²) in [6.45, 7) is 1.39. The summed E-state index contributed by atoms with van der Waals surface area (Å²) in [5, 5.41) is 10.3. The standard InChI is InChI=1S/C25H34FN5O4S/c26-20-11-18(13-27-15-20)14-28-21-5-1-17(2-6-21)16-36(33,34)31-9-7-22(8-10-31)29-25(32)23-12-24(35-30-23)19-3-4-19/h11-13,15,17,19,21-22,28H,1-10,14,16H2,(H,29,32). The van der Waals surface area contributed by atoms with Gasteiger partial charge in [0, 0.05) is 49.9 Å². The summed E-state index contributed by atoms with van der Waals surface area (Å²) in [4.78, 5) is 16.4. The van der Waals surface area contributed by atoms with Gasteiger partial charge in [0.2, 0.25) is 10.0 Å². The summed E-state index contributed by atoms with van der Waals surface area (Å²) in [6.07, 6.45) is 9.69. The normalized spacial score (nSPS) is 24.0. The lowest BCUT2D eigenvalue weighted by molar-refractivity contribution is 0.0914. The van der Waals surface area contributed by atoms with E-state index in [1.54, 1.807) is 16.6 Å². The third-order valence-corrected chi connectivity index (χ3v) is 9.62. The number of hydrogen-bond acceptors (Lipinski definition) is 7. The largest absolute Gasteiger partial charge is 0.360 e. The van der Waals surface area contributed by atoms with Crippen LogP contribution in [0.3, 0.4) is 0 Å². The zero-order valence-corrected chi connectivity index (χ0v) is 21.2.